The zero-order chi connectivity index (χ0) is 17.4. The first-order valence-corrected chi connectivity index (χ1v) is 8.36. The van der Waals surface area contributed by atoms with Crippen molar-refractivity contribution >= 4 is 11.9 Å². The first-order valence-electron chi connectivity index (χ1n) is 8.36. The Morgan fingerprint density at radius 2 is 1.92 bits per heavy atom. The number of carbonyl (C=O) groups is 2. The standard InChI is InChI=1S/C18H24N4O2/c1-22(13-15-8-6-14(12-19)7-9-15)18(24)20-11-10-17(23)21-16-4-2-3-5-16/h6-9,16H,2-5,10-11,13H2,1H3,(H,20,24)(H,21,23). The van der Waals surface area contributed by atoms with Gasteiger partial charge in [0.15, 0.2) is 0 Å². The van der Waals surface area contributed by atoms with Crippen LogP contribution in [0.15, 0.2) is 24.3 Å². The maximum Gasteiger partial charge on any atom is 0.317 e. The number of nitrogens with one attached hydrogen (secondary N) is 2. The molecule has 1 aromatic rings. The molecule has 6 nitrogen and oxygen atoms in total. The van der Waals surface area contributed by atoms with Crippen molar-refractivity contribution in [2.45, 2.75) is 44.7 Å². The molecule has 0 heterocycles. The van der Waals surface area contributed by atoms with Crippen molar-refractivity contribution < 1.29 is 9.59 Å². The molecule has 24 heavy (non-hydrogen) atoms. The highest BCUT2D eigenvalue weighted by molar-refractivity contribution is 5.78. The Labute approximate surface area is 142 Å². The van der Waals surface area contributed by atoms with Gasteiger partial charge in [-0.15, -0.1) is 0 Å². The van der Waals surface area contributed by atoms with Gasteiger partial charge >= 0.3 is 6.03 Å². The van der Waals surface area contributed by atoms with Crippen molar-refractivity contribution in [3.05, 3.63) is 35.4 Å². The largest absolute Gasteiger partial charge is 0.353 e. The van der Waals surface area contributed by atoms with Crippen LogP contribution >= 0.6 is 0 Å². The summed E-state index contributed by atoms with van der Waals surface area (Å²) in [4.78, 5) is 25.4. The van der Waals surface area contributed by atoms with Crippen LogP contribution in [0.2, 0.25) is 0 Å². The molecular weight excluding hydrogens is 304 g/mol. The van der Waals surface area contributed by atoms with Crippen LogP contribution in [-0.2, 0) is 11.3 Å². The third kappa shape index (κ3) is 5.58. The second-order valence-electron chi connectivity index (χ2n) is 6.20. The average molecular weight is 328 g/mol. The lowest BCUT2D eigenvalue weighted by atomic mass is 10.1. The minimum absolute atomic E-state index is 0.00283. The molecule has 3 amide bonds. The highest BCUT2D eigenvalue weighted by atomic mass is 16.2. The van der Waals surface area contributed by atoms with Crippen LogP contribution in [0.5, 0.6) is 0 Å². The topological polar surface area (TPSA) is 85.2 Å². The van der Waals surface area contributed by atoms with E-state index in [4.69, 9.17) is 5.26 Å². The molecule has 1 saturated carbocycles. The fourth-order valence-corrected chi connectivity index (χ4v) is 2.82. The number of hydrogen-bond donors (Lipinski definition) is 2. The van der Waals surface area contributed by atoms with Crippen molar-refractivity contribution in [2.75, 3.05) is 13.6 Å². The molecule has 2 N–H and O–H groups in total. The van der Waals surface area contributed by atoms with E-state index in [1.54, 1.807) is 24.1 Å². The number of rotatable bonds is 6. The minimum Gasteiger partial charge on any atom is -0.353 e. The molecule has 0 spiro atoms. The molecule has 2 rings (SSSR count). The molecule has 0 radical (unpaired) electrons. The van der Waals surface area contributed by atoms with Gasteiger partial charge in [0.2, 0.25) is 5.91 Å². The van der Waals surface area contributed by atoms with E-state index in [-0.39, 0.29) is 11.9 Å². The molecule has 0 aliphatic heterocycles. The van der Waals surface area contributed by atoms with Crippen LogP contribution in [-0.4, -0.2) is 36.5 Å². The molecule has 128 valence electrons. The van der Waals surface area contributed by atoms with Crippen LogP contribution in [0.25, 0.3) is 0 Å². The van der Waals surface area contributed by atoms with E-state index in [2.05, 4.69) is 16.7 Å². The molecule has 0 saturated heterocycles. The summed E-state index contributed by atoms with van der Waals surface area (Å²) in [6.45, 7) is 0.779. The third-order valence-corrected chi connectivity index (χ3v) is 4.20. The maximum absolute atomic E-state index is 12.0. The van der Waals surface area contributed by atoms with Gasteiger partial charge < -0.3 is 15.5 Å². The summed E-state index contributed by atoms with van der Waals surface area (Å²) in [5.74, 6) is -0.00283. The van der Waals surface area contributed by atoms with Gasteiger partial charge in [-0.3, -0.25) is 4.79 Å². The summed E-state index contributed by atoms with van der Waals surface area (Å²) < 4.78 is 0. The first-order chi connectivity index (χ1) is 11.6. The molecule has 6 heteroatoms. The summed E-state index contributed by atoms with van der Waals surface area (Å²) in [6.07, 6.45) is 4.79. The quantitative estimate of drug-likeness (QED) is 0.839. The molecule has 1 aliphatic carbocycles. The van der Waals surface area contributed by atoms with E-state index in [1.807, 2.05) is 12.1 Å². The van der Waals surface area contributed by atoms with Crippen molar-refractivity contribution in [2.24, 2.45) is 0 Å². The predicted molar refractivity (Wildman–Crippen MR) is 91.0 cm³/mol. The number of amides is 3. The second kappa shape index (κ2) is 8.92. The highest BCUT2D eigenvalue weighted by Gasteiger charge is 2.17. The Bertz CT molecular complexity index is 600. The Kier molecular flexibility index (Phi) is 6.62. The zero-order valence-corrected chi connectivity index (χ0v) is 14.0. The number of nitrogens with zero attached hydrogens (tertiary/aromatic N) is 2. The summed E-state index contributed by atoms with van der Waals surface area (Å²) in [5, 5.41) is 14.5. The van der Waals surface area contributed by atoms with Crippen LogP contribution < -0.4 is 10.6 Å². The van der Waals surface area contributed by atoms with Crippen molar-refractivity contribution in [1.82, 2.24) is 15.5 Å². The summed E-state index contributed by atoms with van der Waals surface area (Å²) in [6, 6.07) is 9.28. The van der Waals surface area contributed by atoms with Gasteiger partial charge in [0, 0.05) is 32.6 Å². The van der Waals surface area contributed by atoms with E-state index >= 15 is 0 Å². The van der Waals surface area contributed by atoms with Crippen LogP contribution in [0, 0.1) is 11.3 Å². The van der Waals surface area contributed by atoms with Gasteiger partial charge in [0.25, 0.3) is 0 Å². The lowest BCUT2D eigenvalue weighted by Crippen LogP contribution is -2.40. The number of benzene rings is 1. The third-order valence-electron chi connectivity index (χ3n) is 4.20. The summed E-state index contributed by atoms with van der Waals surface area (Å²) in [7, 11) is 1.70. The SMILES string of the molecule is CN(Cc1ccc(C#N)cc1)C(=O)NCCC(=O)NC1CCCC1. The highest BCUT2D eigenvalue weighted by Crippen LogP contribution is 2.17. The van der Waals surface area contributed by atoms with Gasteiger partial charge in [-0.2, -0.15) is 5.26 Å². The van der Waals surface area contributed by atoms with Crippen molar-refractivity contribution in [1.29, 1.82) is 5.26 Å². The normalized spacial score (nSPS) is 14.0. The molecule has 0 bridgehead atoms. The van der Waals surface area contributed by atoms with Gasteiger partial charge in [-0.1, -0.05) is 25.0 Å². The van der Waals surface area contributed by atoms with E-state index in [1.165, 1.54) is 12.8 Å². The van der Waals surface area contributed by atoms with Gasteiger partial charge in [0.1, 0.15) is 0 Å². The van der Waals surface area contributed by atoms with Crippen molar-refractivity contribution in [3.8, 4) is 6.07 Å². The molecule has 1 aromatic carbocycles. The van der Waals surface area contributed by atoms with E-state index in [0.717, 1.165) is 18.4 Å². The van der Waals surface area contributed by atoms with Crippen LogP contribution in [0.3, 0.4) is 0 Å². The Balaban J connectivity index is 1.67. The molecule has 0 unspecified atom stereocenters. The smallest absolute Gasteiger partial charge is 0.317 e. The predicted octanol–water partition coefficient (Wildman–Crippen LogP) is 2.15. The Morgan fingerprint density at radius 1 is 1.25 bits per heavy atom. The maximum atomic E-state index is 12.0. The van der Waals surface area contributed by atoms with Crippen LogP contribution in [0.4, 0.5) is 4.79 Å². The molecule has 1 fully saturated rings. The monoisotopic (exact) mass is 328 g/mol. The van der Waals surface area contributed by atoms with Gasteiger partial charge in [-0.25, -0.2) is 4.79 Å². The number of nitriles is 1. The number of urea groups is 1. The molecule has 0 atom stereocenters. The van der Waals surface area contributed by atoms with E-state index in [0.29, 0.717) is 31.1 Å². The Hall–Kier alpha value is -2.55. The lowest BCUT2D eigenvalue weighted by Gasteiger charge is -2.18. The number of carbonyl (C=O) groups excluding carboxylic acids is 2. The first kappa shape index (κ1) is 17.8. The second-order valence-corrected chi connectivity index (χ2v) is 6.20. The fourth-order valence-electron chi connectivity index (χ4n) is 2.82. The van der Waals surface area contributed by atoms with E-state index < -0.39 is 0 Å². The Morgan fingerprint density at radius 3 is 2.54 bits per heavy atom. The molecule has 0 aromatic heterocycles. The molecular formula is C18H24N4O2. The summed E-state index contributed by atoms with van der Waals surface area (Å²) in [5.41, 5.74) is 1.55. The molecule has 1 aliphatic rings. The minimum atomic E-state index is -0.215. The average Bonchev–Trinajstić information content (AvgIpc) is 3.08. The lowest BCUT2D eigenvalue weighted by molar-refractivity contribution is -0.121. The van der Waals surface area contributed by atoms with Gasteiger partial charge in [0.05, 0.1) is 11.6 Å². The zero-order valence-electron chi connectivity index (χ0n) is 14.0. The van der Waals surface area contributed by atoms with Crippen LogP contribution in [0.1, 0.15) is 43.2 Å². The number of hydrogen-bond acceptors (Lipinski definition) is 3. The van der Waals surface area contributed by atoms with Crippen molar-refractivity contribution in [3.63, 3.8) is 0 Å². The summed E-state index contributed by atoms with van der Waals surface area (Å²) >= 11 is 0. The van der Waals surface area contributed by atoms with E-state index in [9.17, 15) is 9.59 Å². The fraction of sp³-hybridized carbons (Fsp3) is 0.500. The van der Waals surface area contributed by atoms with Gasteiger partial charge in [-0.05, 0) is 30.5 Å².